The number of rotatable bonds is 8. The van der Waals surface area contributed by atoms with Crippen LogP contribution < -0.4 is 19.9 Å². The van der Waals surface area contributed by atoms with Crippen LogP contribution in [0.3, 0.4) is 0 Å². The second-order valence-corrected chi connectivity index (χ2v) is 10.7. The zero-order chi connectivity index (χ0) is 24.0. The highest BCUT2D eigenvalue weighted by atomic mass is 35.5. The first-order chi connectivity index (χ1) is 17.1. The van der Waals surface area contributed by atoms with E-state index in [9.17, 15) is 4.79 Å². The largest absolute Gasteiger partial charge is 0.467 e. The van der Waals surface area contributed by atoms with Gasteiger partial charge < -0.3 is 19.1 Å². The van der Waals surface area contributed by atoms with Gasteiger partial charge in [0.05, 0.1) is 17.8 Å². The number of benzene rings is 1. The summed E-state index contributed by atoms with van der Waals surface area (Å²) in [4.78, 5) is 25.4. The molecule has 1 saturated carbocycles. The standard InChI is InChI=1S/C26H33ClN4O4/c1-33-16-35-18-12-20(27)23(17-4-5-17)22(13-18)30-11-6-19-21(14-30)28-25(29-24(19)32)34-15-26-7-2-9-31(26)10-3-8-26/h12-13,17H,2-11,14-16H2,1H3,(H,28,29,32). The number of methoxy groups -OCH3 is 1. The van der Waals surface area contributed by atoms with Crippen molar-refractivity contribution in [2.24, 2.45) is 0 Å². The number of halogens is 1. The van der Waals surface area contributed by atoms with Crippen molar-refractivity contribution in [3.05, 3.63) is 44.3 Å². The third-order valence-electron chi connectivity index (χ3n) is 8.09. The fraction of sp³-hybridized carbons (Fsp3) is 0.615. The van der Waals surface area contributed by atoms with Gasteiger partial charge in [-0.25, -0.2) is 0 Å². The highest BCUT2D eigenvalue weighted by Gasteiger charge is 2.45. The van der Waals surface area contributed by atoms with Gasteiger partial charge >= 0.3 is 0 Å². The Kier molecular flexibility index (Phi) is 6.15. The van der Waals surface area contributed by atoms with Crippen LogP contribution in [0.4, 0.5) is 5.69 Å². The van der Waals surface area contributed by atoms with Gasteiger partial charge in [-0.15, -0.1) is 0 Å². The highest BCUT2D eigenvalue weighted by molar-refractivity contribution is 6.32. The van der Waals surface area contributed by atoms with Crippen molar-refractivity contribution in [3.63, 3.8) is 0 Å². The summed E-state index contributed by atoms with van der Waals surface area (Å²) in [7, 11) is 1.60. The molecule has 4 aliphatic rings. The van der Waals surface area contributed by atoms with E-state index in [0.717, 1.165) is 67.3 Å². The maximum Gasteiger partial charge on any atom is 0.296 e. The van der Waals surface area contributed by atoms with E-state index in [0.29, 0.717) is 37.3 Å². The Labute approximate surface area is 210 Å². The van der Waals surface area contributed by atoms with E-state index in [-0.39, 0.29) is 17.9 Å². The van der Waals surface area contributed by atoms with Gasteiger partial charge in [-0.1, -0.05) is 11.6 Å². The fourth-order valence-corrected chi connectivity index (χ4v) is 6.54. The number of ether oxygens (including phenoxy) is 3. The molecule has 188 valence electrons. The van der Waals surface area contributed by atoms with Crippen LogP contribution in [0, 0.1) is 0 Å². The second-order valence-electron chi connectivity index (χ2n) is 10.3. The predicted octanol–water partition coefficient (Wildman–Crippen LogP) is 3.85. The molecule has 8 nitrogen and oxygen atoms in total. The number of nitrogens with one attached hydrogen (secondary N) is 1. The summed E-state index contributed by atoms with van der Waals surface area (Å²) in [6.07, 6.45) is 7.65. The average molecular weight is 501 g/mol. The van der Waals surface area contributed by atoms with E-state index in [4.69, 9.17) is 30.8 Å². The van der Waals surface area contributed by atoms with Gasteiger partial charge in [-0.05, 0) is 75.6 Å². The first-order valence-electron chi connectivity index (χ1n) is 12.8. The van der Waals surface area contributed by atoms with Crippen LogP contribution in [-0.2, 0) is 17.7 Å². The Hall–Kier alpha value is -2.29. The van der Waals surface area contributed by atoms with E-state index in [1.807, 2.05) is 12.1 Å². The molecule has 0 unspecified atom stereocenters. The first-order valence-corrected chi connectivity index (χ1v) is 13.1. The van der Waals surface area contributed by atoms with E-state index in [2.05, 4.69) is 14.8 Å². The van der Waals surface area contributed by atoms with Crippen molar-refractivity contribution in [1.29, 1.82) is 0 Å². The van der Waals surface area contributed by atoms with E-state index in [1.165, 1.54) is 18.4 Å². The Morgan fingerprint density at radius 3 is 2.71 bits per heavy atom. The molecule has 6 rings (SSSR count). The molecule has 1 aromatic carbocycles. The van der Waals surface area contributed by atoms with Crippen LogP contribution in [0.2, 0.25) is 5.02 Å². The maximum absolute atomic E-state index is 12.9. The lowest BCUT2D eigenvalue weighted by molar-refractivity contribution is 0.0511. The number of aromatic nitrogens is 2. The van der Waals surface area contributed by atoms with Crippen molar-refractivity contribution in [1.82, 2.24) is 14.9 Å². The third kappa shape index (κ3) is 4.41. The Morgan fingerprint density at radius 1 is 1.17 bits per heavy atom. The molecule has 35 heavy (non-hydrogen) atoms. The Balaban J connectivity index is 1.25. The Bertz CT molecular complexity index is 1150. The van der Waals surface area contributed by atoms with Crippen molar-refractivity contribution < 1.29 is 14.2 Å². The summed E-state index contributed by atoms with van der Waals surface area (Å²) >= 11 is 6.72. The zero-order valence-corrected chi connectivity index (χ0v) is 21.0. The number of nitrogens with zero attached hydrogens (tertiary/aromatic N) is 3. The number of anilines is 1. The molecule has 0 spiro atoms. The minimum absolute atomic E-state index is 0.0884. The summed E-state index contributed by atoms with van der Waals surface area (Å²) in [6, 6.07) is 4.25. The molecule has 1 aromatic heterocycles. The normalized spacial score (nSPS) is 21.1. The van der Waals surface area contributed by atoms with Crippen molar-refractivity contribution in [3.8, 4) is 11.8 Å². The molecule has 1 aliphatic carbocycles. The molecule has 3 aliphatic heterocycles. The third-order valence-corrected chi connectivity index (χ3v) is 8.40. The number of hydrogen-bond acceptors (Lipinski definition) is 7. The average Bonchev–Trinajstić information content (AvgIpc) is 3.48. The van der Waals surface area contributed by atoms with Crippen LogP contribution in [0.1, 0.15) is 61.3 Å². The molecule has 2 aromatic rings. The molecule has 0 amide bonds. The molecule has 4 heterocycles. The summed E-state index contributed by atoms with van der Waals surface area (Å²) in [5, 5.41) is 0.724. The van der Waals surface area contributed by atoms with Gasteiger partial charge in [-0.3, -0.25) is 14.7 Å². The number of aromatic amines is 1. The van der Waals surface area contributed by atoms with Crippen LogP contribution in [0.25, 0.3) is 0 Å². The molecule has 0 atom stereocenters. The SMILES string of the molecule is COCOc1cc(Cl)c(C2CC2)c(N2CCc3c(nc(OCC45CCCN4CCC5)[nH]c3=O)C2)c1. The summed E-state index contributed by atoms with van der Waals surface area (Å²) in [5.41, 5.74) is 3.79. The maximum atomic E-state index is 12.9. The van der Waals surface area contributed by atoms with Crippen molar-refractivity contribution >= 4 is 17.3 Å². The van der Waals surface area contributed by atoms with Gasteiger partial charge in [-0.2, -0.15) is 4.98 Å². The molecule has 1 N–H and O–H groups in total. The lowest BCUT2D eigenvalue weighted by atomic mass is 9.95. The first kappa shape index (κ1) is 23.1. The second kappa shape index (κ2) is 9.30. The fourth-order valence-electron chi connectivity index (χ4n) is 6.18. The van der Waals surface area contributed by atoms with Gasteiger partial charge in [0, 0.05) is 36.0 Å². The minimum Gasteiger partial charge on any atom is -0.467 e. The summed E-state index contributed by atoms with van der Waals surface area (Å²) in [5.74, 6) is 1.16. The number of fused-ring (bicyclic) bond motifs is 2. The molecule has 0 radical (unpaired) electrons. The highest BCUT2D eigenvalue weighted by Crippen LogP contribution is 2.49. The quantitative estimate of drug-likeness (QED) is 0.551. The lowest BCUT2D eigenvalue weighted by Crippen LogP contribution is -2.44. The van der Waals surface area contributed by atoms with Gasteiger partial charge in [0.2, 0.25) is 0 Å². The predicted molar refractivity (Wildman–Crippen MR) is 134 cm³/mol. The molecular formula is C26H33ClN4O4. The Morgan fingerprint density at radius 2 is 1.97 bits per heavy atom. The zero-order valence-electron chi connectivity index (χ0n) is 20.3. The van der Waals surface area contributed by atoms with Crippen molar-refractivity contribution in [2.75, 3.05) is 45.0 Å². The minimum atomic E-state index is -0.0884. The van der Waals surface area contributed by atoms with Gasteiger partial charge in [0.1, 0.15) is 12.4 Å². The van der Waals surface area contributed by atoms with Crippen molar-refractivity contribution in [2.45, 2.75) is 62.9 Å². The number of H-pyrrole nitrogens is 1. The summed E-state index contributed by atoms with van der Waals surface area (Å²) < 4.78 is 16.9. The molecule has 9 heteroatoms. The smallest absolute Gasteiger partial charge is 0.296 e. The summed E-state index contributed by atoms with van der Waals surface area (Å²) in [6.45, 7) is 4.30. The lowest BCUT2D eigenvalue weighted by Gasteiger charge is -2.33. The molecule has 3 fully saturated rings. The van der Waals surface area contributed by atoms with Crippen LogP contribution >= 0.6 is 11.6 Å². The topological polar surface area (TPSA) is 79.9 Å². The van der Waals surface area contributed by atoms with Gasteiger partial charge in [0.25, 0.3) is 11.6 Å². The molecule has 2 saturated heterocycles. The monoisotopic (exact) mass is 500 g/mol. The van der Waals surface area contributed by atoms with Gasteiger partial charge in [0.15, 0.2) is 6.79 Å². The van der Waals surface area contributed by atoms with Crippen LogP contribution in [0.15, 0.2) is 16.9 Å². The van der Waals surface area contributed by atoms with Crippen LogP contribution in [0.5, 0.6) is 11.8 Å². The molecule has 0 bridgehead atoms. The van der Waals surface area contributed by atoms with E-state index < -0.39 is 0 Å². The molecular weight excluding hydrogens is 468 g/mol. The van der Waals surface area contributed by atoms with E-state index in [1.54, 1.807) is 7.11 Å². The van der Waals surface area contributed by atoms with Crippen LogP contribution in [-0.4, -0.2) is 60.6 Å². The number of hydrogen-bond donors (Lipinski definition) is 1. The van der Waals surface area contributed by atoms with E-state index >= 15 is 0 Å².